The summed E-state index contributed by atoms with van der Waals surface area (Å²) < 4.78 is 0. The number of carbonyl (C=O) groups is 1. The zero-order valence-corrected chi connectivity index (χ0v) is 8.21. The van der Waals surface area contributed by atoms with E-state index in [-0.39, 0.29) is 5.91 Å². The molecule has 0 fully saturated rings. The van der Waals surface area contributed by atoms with Crippen LogP contribution in [0.3, 0.4) is 0 Å². The second-order valence-electron chi connectivity index (χ2n) is 3.37. The lowest BCUT2D eigenvalue weighted by Gasteiger charge is -2.25. The van der Waals surface area contributed by atoms with E-state index in [1.54, 1.807) is 30.5 Å². The SMILES string of the molecule is O=C(c1ccccc1)N1N=CCC[C@H]1O. The predicted octanol–water partition coefficient (Wildman–Crippen LogP) is 1.23. The highest BCUT2D eigenvalue weighted by Crippen LogP contribution is 2.13. The maximum atomic E-state index is 11.9. The molecule has 1 atom stereocenters. The average Bonchev–Trinajstić information content (AvgIpc) is 2.30. The minimum Gasteiger partial charge on any atom is -0.372 e. The Morgan fingerprint density at radius 2 is 2.13 bits per heavy atom. The van der Waals surface area contributed by atoms with Gasteiger partial charge in [0.2, 0.25) is 0 Å². The Labute approximate surface area is 87.8 Å². The highest BCUT2D eigenvalue weighted by atomic mass is 16.3. The molecule has 1 N–H and O–H groups in total. The maximum Gasteiger partial charge on any atom is 0.276 e. The number of hydrogen-bond donors (Lipinski definition) is 1. The number of rotatable bonds is 1. The van der Waals surface area contributed by atoms with Gasteiger partial charge in [0.05, 0.1) is 0 Å². The monoisotopic (exact) mass is 204 g/mol. The smallest absolute Gasteiger partial charge is 0.276 e. The molecular formula is C11H12N2O2. The van der Waals surface area contributed by atoms with Crippen LogP contribution in [0.25, 0.3) is 0 Å². The van der Waals surface area contributed by atoms with Gasteiger partial charge in [0.1, 0.15) is 0 Å². The Morgan fingerprint density at radius 1 is 1.40 bits per heavy atom. The van der Waals surface area contributed by atoms with E-state index >= 15 is 0 Å². The fourth-order valence-corrected chi connectivity index (χ4v) is 1.47. The third-order valence-electron chi connectivity index (χ3n) is 2.27. The van der Waals surface area contributed by atoms with Crippen LogP contribution in [0.2, 0.25) is 0 Å². The molecule has 1 aliphatic heterocycles. The number of carbonyl (C=O) groups excluding carboxylic acids is 1. The van der Waals surface area contributed by atoms with E-state index in [0.717, 1.165) is 5.01 Å². The van der Waals surface area contributed by atoms with E-state index in [0.29, 0.717) is 18.4 Å². The maximum absolute atomic E-state index is 11.9. The average molecular weight is 204 g/mol. The van der Waals surface area contributed by atoms with Crippen molar-refractivity contribution in [3.63, 3.8) is 0 Å². The fourth-order valence-electron chi connectivity index (χ4n) is 1.47. The van der Waals surface area contributed by atoms with Crippen LogP contribution in [0.4, 0.5) is 0 Å². The largest absolute Gasteiger partial charge is 0.372 e. The van der Waals surface area contributed by atoms with Gasteiger partial charge in [-0.25, -0.2) is 5.01 Å². The third-order valence-corrected chi connectivity index (χ3v) is 2.27. The van der Waals surface area contributed by atoms with Crippen molar-refractivity contribution in [1.82, 2.24) is 5.01 Å². The molecular weight excluding hydrogens is 192 g/mol. The Bertz CT molecular complexity index is 375. The second kappa shape index (κ2) is 4.23. The first-order chi connectivity index (χ1) is 7.29. The second-order valence-corrected chi connectivity index (χ2v) is 3.37. The van der Waals surface area contributed by atoms with Crippen molar-refractivity contribution in [2.24, 2.45) is 5.10 Å². The van der Waals surface area contributed by atoms with E-state index in [2.05, 4.69) is 5.10 Å². The van der Waals surface area contributed by atoms with Crippen LogP contribution in [-0.4, -0.2) is 28.5 Å². The molecule has 0 saturated heterocycles. The van der Waals surface area contributed by atoms with Crippen molar-refractivity contribution in [2.75, 3.05) is 0 Å². The molecule has 0 aliphatic carbocycles. The van der Waals surface area contributed by atoms with Gasteiger partial charge in [-0.1, -0.05) is 18.2 Å². The summed E-state index contributed by atoms with van der Waals surface area (Å²) in [5.41, 5.74) is 0.538. The summed E-state index contributed by atoms with van der Waals surface area (Å²) >= 11 is 0. The molecule has 15 heavy (non-hydrogen) atoms. The number of aliphatic hydroxyl groups excluding tert-OH is 1. The lowest BCUT2D eigenvalue weighted by atomic mass is 10.2. The molecule has 4 heteroatoms. The summed E-state index contributed by atoms with van der Waals surface area (Å²) in [5, 5.41) is 14.6. The number of benzene rings is 1. The molecule has 4 nitrogen and oxygen atoms in total. The molecule has 0 saturated carbocycles. The lowest BCUT2D eigenvalue weighted by molar-refractivity contribution is 0.00168. The van der Waals surface area contributed by atoms with Gasteiger partial charge in [-0.2, -0.15) is 5.10 Å². The van der Waals surface area contributed by atoms with Crippen molar-refractivity contribution < 1.29 is 9.90 Å². The number of aliphatic hydroxyl groups is 1. The van der Waals surface area contributed by atoms with Gasteiger partial charge >= 0.3 is 0 Å². The third kappa shape index (κ3) is 2.05. The normalized spacial score (nSPS) is 20.3. The predicted molar refractivity (Wildman–Crippen MR) is 56.3 cm³/mol. The van der Waals surface area contributed by atoms with E-state index in [9.17, 15) is 9.90 Å². The van der Waals surface area contributed by atoms with Crippen molar-refractivity contribution in [3.05, 3.63) is 35.9 Å². The number of amides is 1. The van der Waals surface area contributed by atoms with Gasteiger partial charge in [0, 0.05) is 11.8 Å². The molecule has 0 spiro atoms. The number of hydrogen-bond acceptors (Lipinski definition) is 3. The van der Waals surface area contributed by atoms with E-state index in [4.69, 9.17) is 0 Å². The van der Waals surface area contributed by atoms with Crippen molar-refractivity contribution in [3.8, 4) is 0 Å². The number of nitrogens with zero attached hydrogens (tertiary/aromatic N) is 2. The summed E-state index contributed by atoms with van der Waals surface area (Å²) in [6.07, 6.45) is 2.10. The van der Waals surface area contributed by atoms with Crippen LogP contribution in [-0.2, 0) is 0 Å². The molecule has 1 aliphatic rings. The molecule has 0 aromatic heterocycles. The lowest BCUT2D eigenvalue weighted by Crippen LogP contribution is -2.38. The molecule has 1 heterocycles. The quantitative estimate of drug-likeness (QED) is 0.748. The van der Waals surface area contributed by atoms with Crippen LogP contribution >= 0.6 is 0 Å². The van der Waals surface area contributed by atoms with Gasteiger partial charge in [-0.15, -0.1) is 0 Å². The van der Waals surface area contributed by atoms with Gasteiger partial charge in [-0.3, -0.25) is 4.79 Å². The van der Waals surface area contributed by atoms with Gasteiger partial charge in [0.25, 0.3) is 5.91 Å². The van der Waals surface area contributed by atoms with Crippen LogP contribution < -0.4 is 0 Å². The summed E-state index contributed by atoms with van der Waals surface area (Å²) in [6.45, 7) is 0. The summed E-state index contributed by atoms with van der Waals surface area (Å²) in [7, 11) is 0. The molecule has 0 radical (unpaired) electrons. The van der Waals surface area contributed by atoms with Crippen molar-refractivity contribution in [2.45, 2.75) is 19.1 Å². The van der Waals surface area contributed by atoms with Crippen LogP contribution in [0, 0.1) is 0 Å². The molecule has 2 rings (SSSR count). The highest BCUT2D eigenvalue weighted by Gasteiger charge is 2.23. The summed E-state index contributed by atoms with van der Waals surface area (Å²) in [6, 6.07) is 8.82. The standard InChI is InChI=1S/C11H12N2O2/c14-10-7-4-8-12-13(10)11(15)9-5-2-1-3-6-9/h1-3,5-6,8,10,14H,4,7H2/t10-/m1/s1. The first-order valence-electron chi connectivity index (χ1n) is 4.88. The van der Waals surface area contributed by atoms with E-state index in [1.807, 2.05) is 6.07 Å². The zero-order valence-electron chi connectivity index (χ0n) is 8.21. The molecule has 0 bridgehead atoms. The Hall–Kier alpha value is -1.68. The van der Waals surface area contributed by atoms with E-state index < -0.39 is 6.23 Å². The van der Waals surface area contributed by atoms with Crippen molar-refractivity contribution >= 4 is 12.1 Å². The molecule has 0 unspecified atom stereocenters. The topological polar surface area (TPSA) is 52.9 Å². The first-order valence-corrected chi connectivity index (χ1v) is 4.88. The summed E-state index contributed by atoms with van der Waals surface area (Å²) in [4.78, 5) is 11.9. The zero-order chi connectivity index (χ0) is 10.7. The van der Waals surface area contributed by atoms with Gasteiger partial charge < -0.3 is 5.11 Å². The Balaban J connectivity index is 2.21. The van der Waals surface area contributed by atoms with Gasteiger partial charge in [0.15, 0.2) is 6.23 Å². The van der Waals surface area contributed by atoms with Gasteiger partial charge in [-0.05, 0) is 25.0 Å². The molecule has 78 valence electrons. The minimum absolute atomic E-state index is 0.265. The molecule has 1 amide bonds. The number of hydrazone groups is 1. The fraction of sp³-hybridized carbons (Fsp3) is 0.273. The van der Waals surface area contributed by atoms with Crippen LogP contribution in [0.15, 0.2) is 35.4 Å². The Kier molecular flexibility index (Phi) is 2.78. The highest BCUT2D eigenvalue weighted by molar-refractivity contribution is 5.94. The Morgan fingerprint density at radius 3 is 2.80 bits per heavy atom. The summed E-state index contributed by atoms with van der Waals surface area (Å²) in [5.74, 6) is -0.265. The van der Waals surface area contributed by atoms with Crippen LogP contribution in [0.5, 0.6) is 0 Å². The molecule has 1 aromatic rings. The van der Waals surface area contributed by atoms with Crippen LogP contribution in [0.1, 0.15) is 23.2 Å². The molecule has 1 aromatic carbocycles. The van der Waals surface area contributed by atoms with Crippen molar-refractivity contribution in [1.29, 1.82) is 0 Å². The minimum atomic E-state index is -0.803. The van der Waals surface area contributed by atoms with E-state index in [1.165, 1.54) is 0 Å². The first kappa shape index (κ1) is 9.86.